The Labute approximate surface area is 146 Å². The molecule has 5 nitrogen and oxygen atoms in total. The lowest BCUT2D eigenvalue weighted by Crippen LogP contribution is -2.47. The number of nitrogens with one attached hydrogen (secondary N) is 3. The molecule has 0 bridgehead atoms. The molecule has 0 spiro atoms. The standard InChI is InChI=1S/C18H23N3O2S/c1-3-19-18(23)13(2)21-16(22)12-20-17(15-10-7-11-24-15)14-8-5-4-6-9-14/h4-11,13,17,20H,3,12H2,1-2H3,(H,19,23)(H,21,22)/t13-,17+/m0/s1. The van der Waals surface area contributed by atoms with Gasteiger partial charge in [-0.1, -0.05) is 36.4 Å². The smallest absolute Gasteiger partial charge is 0.242 e. The average Bonchev–Trinajstić information content (AvgIpc) is 3.10. The van der Waals surface area contributed by atoms with Crippen molar-refractivity contribution >= 4 is 23.2 Å². The number of thiophene rings is 1. The van der Waals surface area contributed by atoms with Gasteiger partial charge in [-0.05, 0) is 30.9 Å². The Bertz CT molecular complexity index is 644. The number of benzene rings is 1. The van der Waals surface area contributed by atoms with E-state index in [1.807, 2.05) is 54.8 Å². The lowest BCUT2D eigenvalue weighted by Gasteiger charge is -2.19. The highest BCUT2D eigenvalue weighted by atomic mass is 32.1. The van der Waals surface area contributed by atoms with Crippen LogP contribution in [0, 0.1) is 0 Å². The molecular formula is C18H23N3O2S. The largest absolute Gasteiger partial charge is 0.355 e. The van der Waals surface area contributed by atoms with Gasteiger partial charge in [0.05, 0.1) is 12.6 Å². The Kier molecular flexibility index (Phi) is 6.96. The summed E-state index contributed by atoms with van der Waals surface area (Å²) in [5, 5.41) is 10.7. The summed E-state index contributed by atoms with van der Waals surface area (Å²) < 4.78 is 0. The molecule has 0 saturated heterocycles. The van der Waals surface area contributed by atoms with E-state index in [4.69, 9.17) is 0 Å². The van der Waals surface area contributed by atoms with Gasteiger partial charge >= 0.3 is 0 Å². The molecule has 0 aliphatic carbocycles. The summed E-state index contributed by atoms with van der Waals surface area (Å²) in [4.78, 5) is 24.9. The van der Waals surface area contributed by atoms with Crippen LogP contribution in [0.15, 0.2) is 47.8 Å². The third kappa shape index (κ3) is 5.18. The fraction of sp³-hybridized carbons (Fsp3) is 0.333. The maximum absolute atomic E-state index is 12.1. The minimum Gasteiger partial charge on any atom is -0.355 e. The third-order valence-electron chi connectivity index (χ3n) is 3.55. The van der Waals surface area contributed by atoms with Crippen LogP contribution in [0.1, 0.15) is 30.3 Å². The first-order valence-electron chi connectivity index (χ1n) is 8.00. The molecule has 6 heteroatoms. The van der Waals surface area contributed by atoms with E-state index in [2.05, 4.69) is 16.0 Å². The molecule has 1 aromatic heterocycles. The van der Waals surface area contributed by atoms with Gasteiger partial charge in [0.25, 0.3) is 0 Å². The summed E-state index contributed by atoms with van der Waals surface area (Å²) in [6.45, 7) is 4.21. The van der Waals surface area contributed by atoms with Gasteiger partial charge in [-0.3, -0.25) is 14.9 Å². The average molecular weight is 345 g/mol. The summed E-state index contributed by atoms with van der Waals surface area (Å²) in [5.74, 6) is -0.380. The van der Waals surface area contributed by atoms with Crippen molar-refractivity contribution in [1.82, 2.24) is 16.0 Å². The van der Waals surface area contributed by atoms with E-state index in [-0.39, 0.29) is 24.4 Å². The minimum absolute atomic E-state index is 0.0447. The highest BCUT2D eigenvalue weighted by Crippen LogP contribution is 2.25. The molecule has 0 saturated carbocycles. The molecule has 1 aromatic carbocycles. The van der Waals surface area contributed by atoms with Crippen LogP contribution in [-0.4, -0.2) is 30.9 Å². The quantitative estimate of drug-likeness (QED) is 0.686. The lowest BCUT2D eigenvalue weighted by molar-refractivity contribution is -0.128. The monoisotopic (exact) mass is 345 g/mol. The zero-order valence-corrected chi connectivity index (χ0v) is 14.7. The lowest BCUT2D eigenvalue weighted by atomic mass is 10.1. The Balaban J connectivity index is 1.96. The second-order valence-corrected chi connectivity index (χ2v) is 6.40. The van der Waals surface area contributed by atoms with Crippen LogP contribution in [0.2, 0.25) is 0 Å². The third-order valence-corrected chi connectivity index (χ3v) is 4.49. The number of rotatable bonds is 8. The Morgan fingerprint density at radius 3 is 2.50 bits per heavy atom. The molecule has 2 rings (SSSR count). The van der Waals surface area contributed by atoms with Crippen LogP contribution in [0.5, 0.6) is 0 Å². The van der Waals surface area contributed by atoms with E-state index in [9.17, 15) is 9.59 Å². The van der Waals surface area contributed by atoms with E-state index in [0.29, 0.717) is 6.54 Å². The highest BCUT2D eigenvalue weighted by molar-refractivity contribution is 7.10. The molecule has 3 N–H and O–H groups in total. The second kappa shape index (κ2) is 9.20. The summed E-state index contributed by atoms with van der Waals surface area (Å²) >= 11 is 1.64. The number of carbonyl (C=O) groups is 2. The van der Waals surface area contributed by atoms with Crippen molar-refractivity contribution in [3.8, 4) is 0 Å². The molecule has 0 radical (unpaired) electrons. The summed E-state index contributed by atoms with van der Waals surface area (Å²) in [7, 11) is 0. The Morgan fingerprint density at radius 2 is 1.88 bits per heavy atom. The SMILES string of the molecule is CCNC(=O)[C@H](C)NC(=O)CN[C@H](c1ccccc1)c1cccs1. The second-order valence-electron chi connectivity index (χ2n) is 5.42. The minimum atomic E-state index is -0.545. The van der Waals surface area contributed by atoms with Crippen molar-refractivity contribution in [3.63, 3.8) is 0 Å². The molecule has 0 aliphatic heterocycles. The van der Waals surface area contributed by atoms with E-state index in [1.54, 1.807) is 18.3 Å². The molecule has 128 valence electrons. The van der Waals surface area contributed by atoms with Crippen LogP contribution in [0.3, 0.4) is 0 Å². The van der Waals surface area contributed by atoms with Gasteiger partial charge < -0.3 is 10.6 Å². The van der Waals surface area contributed by atoms with E-state index < -0.39 is 6.04 Å². The van der Waals surface area contributed by atoms with Gasteiger partial charge in [0.15, 0.2) is 0 Å². The topological polar surface area (TPSA) is 70.2 Å². The van der Waals surface area contributed by atoms with Crippen molar-refractivity contribution in [3.05, 3.63) is 58.3 Å². The molecule has 0 fully saturated rings. The van der Waals surface area contributed by atoms with Gasteiger partial charge in [-0.2, -0.15) is 0 Å². The Morgan fingerprint density at radius 1 is 1.12 bits per heavy atom. The molecule has 1 heterocycles. The molecule has 0 unspecified atom stereocenters. The first kappa shape index (κ1) is 18.2. The van der Waals surface area contributed by atoms with Crippen LogP contribution in [0.25, 0.3) is 0 Å². The molecule has 2 amide bonds. The van der Waals surface area contributed by atoms with Crippen molar-refractivity contribution in [2.24, 2.45) is 0 Å². The van der Waals surface area contributed by atoms with Crippen molar-refractivity contribution in [2.45, 2.75) is 25.9 Å². The summed E-state index contributed by atoms with van der Waals surface area (Å²) in [5.41, 5.74) is 1.10. The van der Waals surface area contributed by atoms with Gasteiger partial charge in [-0.15, -0.1) is 11.3 Å². The highest BCUT2D eigenvalue weighted by Gasteiger charge is 2.18. The summed E-state index contributed by atoms with van der Waals surface area (Å²) in [6.07, 6.45) is 0. The molecule has 0 aliphatic rings. The van der Waals surface area contributed by atoms with Gasteiger partial charge in [0.1, 0.15) is 6.04 Å². The number of carbonyl (C=O) groups excluding carboxylic acids is 2. The number of hydrogen-bond donors (Lipinski definition) is 3. The van der Waals surface area contributed by atoms with Crippen molar-refractivity contribution in [2.75, 3.05) is 13.1 Å². The first-order chi connectivity index (χ1) is 11.6. The van der Waals surface area contributed by atoms with Gasteiger partial charge in [0, 0.05) is 11.4 Å². The maximum Gasteiger partial charge on any atom is 0.242 e. The van der Waals surface area contributed by atoms with Crippen molar-refractivity contribution < 1.29 is 9.59 Å². The Hall–Kier alpha value is -2.18. The van der Waals surface area contributed by atoms with Crippen LogP contribution in [0.4, 0.5) is 0 Å². The van der Waals surface area contributed by atoms with Gasteiger partial charge in [0.2, 0.25) is 11.8 Å². The normalized spacial score (nSPS) is 13.1. The number of hydrogen-bond acceptors (Lipinski definition) is 4. The van der Waals surface area contributed by atoms with E-state index in [1.165, 1.54) is 0 Å². The van der Waals surface area contributed by atoms with E-state index >= 15 is 0 Å². The van der Waals surface area contributed by atoms with Gasteiger partial charge in [-0.25, -0.2) is 0 Å². The van der Waals surface area contributed by atoms with E-state index in [0.717, 1.165) is 10.4 Å². The fourth-order valence-corrected chi connectivity index (χ4v) is 3.19. The predicted octanol–water partition coefficient (Wildman–Crippen LogP) is 2.07. The van der Waals surface area contributed by atoms with Crippen LogP contribution < -0.4 is 16.0 Å². The van der Waals surface area contributed by atoms with Crippen LogP contribution in [-0.2, 0) is 9.59 Å². The molecule has 2 aromatic rings. The molecule has 24 heavy (non-hydrogen) atoms. The van der Waals surface area contributed by atoms with Crippen LogP contribution >= 0.6 is 11.3 Å². The summed E-state index contributed by atoms with van der Waals surface area (Å²) in [6, 6.07) is 13.4. The molecular weight excluding hydrogens is 322 g/mol. The number of amides is 2. The zero-order chi connectivity index (χ0) is 17.4. The maximum atomic E-state index is 12.1. The first-order valence-corrected chi connectivity index (χ1v) is 8.88. The van der Waals surface area contributed by atoms with Crippen molar-refractivity contribution in [1.29, 1.82) is 0 Å². The zero-order valence-electron chi connectivity index (χ0n) is 13.9. The fourth-order valence-electron chi connectivity index (χ4n) is 2.36. The molecule has 2 atom stereocenters. The number of likely N-dealkylation sites (N-methyl/N-ethyl adjacent to an activating group) is 1. The predicted molar refractivity (Wildman–Crippen MR) is 96.9 cm³/mol.